The largest absolute Gasteiger partial charge is 0.390 e. The molecule has 0 saturated carbocycles. The Balaban J connectivity index is 1.66. The van der Waals surface area contributed by atoms with Crippen molar-refractivity contribution in [2.24, 2.45) is 0 Å². The van der Waals surface area contributed by atoms with Crippen molar-refractivity contribution in [1.82, 2.24) is 10.2 Å². The third kappa shape index (κ3) is 5.71. The van der Waals surface area contributed by atoms with E-state index in [-0.39, 0.29) is 12.6 Å². The van der Waals surface area contributed by atoms with Crippen LogP contribution in [0.3, 0.4) is 0 Å². The van der Waals surface area contributed by atoms with Crippen LogP contribution in [0.25, 0.3) is 0 Å². The molecule has 1 fully saturated rings. The van der Waals surface area contributed by atoms with Crippen LogP contribution in [-0.4, -0.2) is 61.5 Å². The maximum Gasteiger partial charge on any atom is 0.319 e. The molecule has 0 spiro atoms. The van der Waals surface area contributed by atoms with Gasteiger partial charge in [-0.05, 0) is 19.1 Å². The molecule has 1 saturated heterocycles. The molecule has 0 unspecified atom stereocenters. The molecule has 2 rings (SSSR count). The van der Waals surface area contributed by atoms with Gasteiger partial charge in [-0.1, -0.05) is 17.7 Å². The number of nitrogens with one attached hydrogen (secondary N) is 2. The average Bonchev–Trinajstić information content (AvgIpc) is 2.49. The number of rotatable bonds is 5. The molecule has 6 nitrogen and oxygen atoms in total. The van der Waals surface area contributed by atoms with Crippen LogP contribution in [0, 0.1) is 6.92 Å². The highest BCUT2D eigenvalue weighted by atomic mass is 16.5. The average molecular weight is 293 g/mol. The molecular weight excluding hydrogens is 270 g/mol. The van der Waals surface area contributed by atoms with Crippen LogP contribution in [-0.2, 0) is 4.74 Å². The van der Waals surface area contributed by atoms with E-state index in [1.807, 2.05) is 31.2 Å². The van der Waals surface area contributed by atoms with Crippen LogP contribution in [0.15, 0.2) is 24.3 Å². The fraction of sp³-hybridized carbons (Fsp3) is 0.533. The number of anilines is 1. The zero-order chi connectivity index (χ0) is 15.1. The van der Waals surface area contributed by atoms with Crippen LogP contribution in [0.4, 0.5) is 10.5 Å². The summed E-state index contributed by atoms with van der Waals surface area (Å²) in [5, 5.41) is 15.3. The Morgan fingerprint density at radius 3 is 2.67 bits per heavy atom. The van der Waals surface area contributed by atoms with Crippen molar-refractivity contribution in [2.45, 2.75) is 13.0 Å². The molecule has 1 aliphatic heterocycles. The van der Waals surface area contributed by atoms with Crippen molar-refractivity contribution >= 4 is 11.7 Å². The van der Waals surface area contributed by atoms with Crippen LogP contribution < -0.4 is 10.6 Å². The van der Waals surface area contributed by atoms with Gasteiger partial charge in [0.25, 0.3) is 0 Å². The highest BCUT2D eigenvalue weighted by Crippen LogP contribution is 2.08. The van der Waals surface area contributed by atoms with Crippen molar-refractivity contribution in [1.29, 1.82) is 0 Å². The molecule has 1 heterocycles. The first kappa shape index (κ1) is 15.8. The number of urea groups is 1. The minimum atomic E-state index is -0.577. The molecule has 1 atom stereocenters. The lowest BCUT2D eigenvalue weighted by Gasteiger charge is -2.28. The Kier molecular flexibility index (Phi) is 5.98. The molecular formula is C15H23N3O3. The Morgan fingerprint density at radius 2 is 2.00 bits per heavy atom. The lowest BCUT2D eigenvalue weighted by Crippen LogP contribution is -2.45. The second-order valence-electron chi connectivity index (χ2n) is 5.27. The minimum Gasteiger partial charge on any atom is -0.390 e. The Hall–Kier alpha value is -1.63. The summed E-state index contributed by atoms with van der Waals surface area (Å²) in [6, 6.07) is 7.25. The predicted molar refractivity (Wildman–Crippen MR) is 81.5 cm³/mol. The van der Waals surface area contributed by atoms with Crippen LogP contribution in [0.2, 0.25) is 0 Å². The van der Waals surface area contributed by atoms with E-state index >= 15 is 0 Å². The van der Waals surface area contributed by atoms with Gasteiger partial charge in [0.1, 0.15) is 0 Å². The van der Waals surface area contributed by atoms with Crippen LogP contribution in [0.1, 0.15) is 5.56 Å². The Labute approximate surface area is 125 Å². The molecule has 0 radical (unpaired) electrons. The fourth-order valence-electron chi connectivity index (χ4n) is 2.17. The summed E-state index contributed by atoms with van der Waals surface area (Å²) >= 11 is 0. The molecule has 1 aliphatic rings. The summed E-state index contributed by atoms with van der Waals surface area (Å²) in [7, 11) is 0. The van der Waals surface area contributed by atoms with E-state index in [0.29, 0.717) is 19.8 Å². The molecule has 2 amide bonds. The molecule has 1 aromatic carbocycles. The third-order valence-electron chi connectivity index (χ3n) is 3.38. The monoisotopic (exact) mass is 293 g/mol. The van der Waals surface area contributed by atoms with Gasteiger partial charge >= 0.3 is 6.03 Å². The number of nitrogens with zero attached hydrogens (tertiary/aromatic N) is 1. The summed E-state index contributed by atoms with van der Waals surface area (Å²) in [5.41, 5.74) is 1.88. The number of amides is 2. The third-order valence-corrected chi connectivity index (χ3v) is 3.38. The zero-order valence-corrected chi connectivity index (χ0v) is 12.3. The van der Waals surface area contributed by atoms with E-state index < -0.39 is 6.10 Å². The van der Waals surface area contributed by atoms with E-state index in [2.05, 4.69) is 15.5 Å². The maximum atomic E-state index is 11.7. The number of hydrogen-bond donors (Lipinski definition) is 3. The number of aryl methyl sites for hydroxylation is 1. The van der Waals surface area contributed by atoms with E-state index in [0.717, 1.165) is 24.3 Å². The van der Waals surface area contributed by atoms with E-state index in [9.17, 15) is 9.90 Å². The number of carbonyl (C=O) groups is 1. The summed E-state index contributed by atoms with van der Waals surface area (Å²) in [6.07, 6.45) is -0.577. The molecule has 116 valence electrons. The fourth-order valence-corrected chi connectivity index (χ4v) is 2.17. The quantitative estimate of drug-likeness (QED) is 0.751. The second kappa shape index (κ2) is 7.97. The molecule has 0 bridgehead atoms. The molecule has 0 aromatic heterocycles. The van der Waals surface area contributed by atoms with Gasteiger partial charge < -0.3 is 20.5 Å². The van der Waals surface area contributed by atoms with Gasteiger partial charge in [0.2, 0.25) is 0 Å². The van der Waals surface area contributed by atoms with Gasteiger partial charge in [-0.25, -0.2) is 4.79 Å². The van der Waals surface area contributed by atoms with Crippen LogP contribution >= 0.6 is 0 Å². The Bertz CT molecular complexity index is 444. The molecule has 0 aliphatic carbocycles. The van der Waals surface area contributed by atoms with Crippen molar-refractivity contribution in [3.63, 3.8) is 0 Å². The molecule has 21 heavy (non-hydrogen) atoms. The summed E-state index contributed by atoms with van der Waals surface area (Å²) in [5.74, 6) is 0. The normalized spacial score (nSPS) is 17.2. The number of hydrogen-bond acceptors (Lipinski definition) is 4. The number of benzene rings is 1. The zero-order valence-electron chi connectivity index (χ0n) is 12.3. The summed E-state index contributed by atoms with van der Waals surface area (Å²) < 4.78 is 5.25. The number of aliphatic hydroxyl groups excluding tert-OH is 1. The molecule has 1 aromatic rings. The van der Waals surface area contributed by atoms with Crippen LogP contribution in [0.5, 0.6) is 0 Å². The standard InChI is InChI=1S/C15H23N3O3/c1-12-2-4-13(5-3-12)17-15(20)16-10-14(19)11-18-6-8-21-9-7-18/h2-5,14,19H,6-11H2,1H3,(H2,16,17,20)/t14-/m0/s1. The summed E-state index contributed by atoms with van der Waals surface area (Å²) in [4.78, 5) is 13.9. The minimum absolute atomic E-state index is 0.231. The van der Waals surface area contributed by atoms with Gasteiger partial charge in [-0.15, -0.1) is 0 Å². The summed E-state index contributed by atoms with van der Waals surface area (Å²) in [6.45, 7) is 5.83. The first-order valence-electron chi connectivity index (χ1n) is 7.23. The molecule has 3 N–H and O–H groups in total. The number of morpholine rings is 1. The van der Waals surface area contributed by atoms with Gasteiger partial charge in [0.05, 0.1) is 19.3 Å². The second-order valence-corrected chi connectivity index (χ2v) is 5.27. The Morgan fingerprint density at radius 1 is 1.33 bits per heavy atom. The molecule has 6 heteroatoms. The number of aliphatic hydroxyl groups is 1. The lowest BCUT2D eigenvalue weighted by atomic mass is 10.2. The van der Waals surface area contributed by atoms with Gasteiger partial charge in [0.15, 0.2) is 0 Å². The topological polar surface area (TPSA) is 73.8 Å². The van der Waals surface area contributed by atoms with E-state index in [1.54, 1.807) is 0 Å². The maximum absolute atomic E-state index is 11.7. The predicted octanol–water partition coefficient (Wildman–Crippen LogP) is 0.810. The van der Waals surface area contributed by atoms with Crippen molar-refractivity contribution in [3.8, 4) is 0 Å². The van der Waals surface area contributed by atoms with E-state index in [1.165, 1.54) is 0 Å². The van der Waals surface area contributed by atoms with Crippen molar-refractivity contribution in [2.75, 3.05) is 44.7 Å². The first-order valence-corrected chi connectivity index (χ1v) is 7.23. The van der Waals surface area contributed by atoms with Crippen molar-refractivity contribution in [3.05, 3.63) is 29.8 Å². The highest BCUT2D eigenvalue weighted by molar-refractivity contribution is 5.89. The smallest absolute Gasteiger partial charge is 0.319 e. The van der Waals surface area contributed by atoms with Gasteiger partial charge in [-0.3, -0.25) is 4.90 Å². The first-order chi connectivity index (χ1) is 10.1. The number of β-amino-alcohol motifs (C(OH)–C–C–N with tert-alkyl or cyclic N) is 1. The van der Waals surface area contributed by atoms with E-state index in [4.69, 9.17) is 4.74 Å². The number of carbonyl (C=O) groups excluding carboxylic acids is 1. The number of ether oxygens (including phenoxy) is 1. The SMILES string of the molecule is Cc1ccc(NC(=O)NC[C@H](O)CN2CCOCC2)cc1. The van der Waals surface area contributed by atoms with Gasteiger partial charge in [0, 0.05) is 31.9 Å². The highest BCUT2D eigenvalue weighted by Gasteiger charge is 2.15. The van der Waals surface area contributed by atoms with Crippen molar-refractivity contribution < 1.29 is 14.6 Å². The van der Waals surface area contributed by atoms with Gasteiger partial charge in [-0.2, -0.15) is 0 Å². The lowest BCUT2D eigenvalue weighted by molar-refractivity contribution is 0.0154.